The van der Waals surface area contributed by atoms with Gasteiger partial charge in [0.1, 0.15) is 17.6 Å². The number of halogens is 3. The fourth-order valence-corrected chi connectivity index (χ4v) is 2.14. The lowest BCUT2D eigenvalue weighted by atomic mass is 10.1. The van der Waals surface area contributed by atoms with Crippen LogP contribution in [-0.4, -0.2) is 33.7 Å². The highest BCUT2D eigenvalue weighted by Crippen LogP contribution is 2.37. The van der Waals surface area contributed by atoms with Crippen molar-refractivity contribution in [3.05, 3.63) is 28.1 Å². The molecule has 0 spiro atoms. The van der Waals surface area contributed by atoms with E-state index in [-0.39, 0.29) is 18.8 Å². The summed E-state index contributed by atoms with van der Waals surface area (Å²) in [4.78, 5) is 14.6. The van der Waals surface area contributed by atoms with Gasteiger partial charge in [0.2, 0.25) is 0 Å². The van der Waals surface area contributed by atoms with Crippen molar-refractivity contribution >= 4 is 11.4 Å². The molecule has 1 saturated heterocycles. The molecule has 1 N–H and O–H groups in total. The second-order valence-electron chi connectivity index (χ2n) is 4.98. The number of alkyl halides is 3. The maximum absolute atomic E-state index is 12.6. The van der Waals surface area contributed by atoms with Crippen LogP contribution in [0, 0.1) is 10.1 Å². The Kier molecular flexibility index (Phi) is 3.32. The molecule has 2 heterocycles. The minimum absolute atomic E-state index is 0.0369. The zero-order valence-electron chi connectivity index (χ0n) is 10.5. The SMILES string of the molecule is CC1(O)CCN(c2cc(C(F)(F)F)ncc2[N+](=O)[O-])C1. The van der Waals surface area contributed by atoms with E-state index >= 15 is 0 Å². The van der Waals surface area contributed by atoms with E-state index in [1.54, 1.807) is 0 Å². The van der Waals surface area contributed by atoms with Crippen molar-refractivity contribution in [3.8, 4) is 0 Å². The lowest BCUT2D eigenvalue weighted by Gasteiger charge is -2.21. The van der Waals surface area contributed by atoms with Crippen molar-refractivity contribution in [1.29, 1.82) is 0 Å². The molecular weight excluding hydrogens is 279 g/mol. The second kappa shape index (κ2) is 4.58. The van der Waals surface area contributed by atoms with Gasteiger partial charge in [0.05, 0.1) is 10.5 Å². The van der Waals surface area contributed by atoms with E-state index in [1.807, 2.05) is 0 Å². The minimum Gasteiger partial charge on any atom is -0.388 e. The van der Waals surface area contributed by atoms with Crippen molar-refractivity contribution < 1.29 is 23.2 Å². The van der Waals surface area contributed by atoms with Gasteiger partial charge in [-0.2, -0.15) is 13.2 Å². The van der Waals surface area contributed by atoms with Crippen LogP contribution >= 0.6 is 0 Å². The van der Waals surface area contributed by atoms with Gasteiger partial charge in [0.25, 0.3) is 0 Å². The largest absolute Gasteiger partial charge is 0.433 e. The van der Waals surface area contributed by atoms with Crippen molar-refractivity contribution in [2.24, 2.45) is 0 Å². The first-order valence-electron chi connectivity index (χ1n) is 5.79. The lowest BCUT2D eigenvalue weighted by Crippen LogP contribution is -2.30. The van der Waals surface area contributed by atoms with Crippen molar-refractivity contribution in [2.75, 3.05) is 18.0 Å². The number of nitrogens with zero attached hydrogens (tertiary/aromatic N) is 3. The smallest absolute Gasteiger partial charge is 0.388 e. The zero-order valence-corrected chi connectivity index (χ0v) is 10.5. The molecule has 1 aliphatic rings. The fraction of sp³-hybridized carbons (Fsp3) is 0.545. The van der Waals surface area contributed by atoms with Gasteiger partial charge in [-0.05, 0) is 19.4 Å². The summed E-state index contributed by atoms with van der Waals surface area (Å²) in [6.07, 6.45) is -3.74. The Hall–Kier alpha value is -1.90. The van der Waals surface area contributed by atoms with Gasteiger partial charge in [-0.1, -0.05) is 0 Å². The summed E-state index contributed by atoms with van der Waals surface area (Å²) >= 11 is 0. The highest BCUT2D eigenvalue weighted by atomic mass is 19.4. The van der Waals surface area contributed by atoms with Gasteiger partial charge in [0, 0.05) is 13.1 Å². The first-order chi connectivity index (χ1) is 9.10. The number of nitro groups is 1. The summed E-state index contributed by atoms with van der Waals surface area (Å²) < 4.78 is 37.9. The van der Waals surface area contributed by atoms with Crippen LogP contribution in [0.5, 0.6) is 0 Å². The Labute approximate surface area is 112 Å². The molecule has 110 valence electrons. The van der Waals surface area contributed by atoms with E-state index in [4.69, 9.17) is 0 Å². The molecule has 0 radical (unpaired) electrons. The molecular formula is C11H12F3N3O3. The van der Waals surface area contributed by atoms with E-state index in [2.05, 4.69) is 4.98 Å². The number of pyridine rings is 1. The number of aromatic nitrogens is 1. The Balaban J connectivity index is 2.46. The predicted octanol–water partition coefficient (Wildman–Crippen LogP) is 1.97. The molecule has 1 aliphatic heterocycles. The summed E-state index contributed by atoms with van der Waals surface area (Å²) in [5, 5.41) is 20.7. The molecule has 0 amide bonds. The van der Waals surface area contributed by atoms with Gasteiger partial charge in [-0.15, -0.1) is 0 Å². The Morgan fingerprint density at radius 1 is 1.55 bits per heavy atom. The third-order valence-corrected chi connectivity index (χ3v) is 3.14. The summed E-state index contributed by atoms with van der Waals surface area (Å²) in [5.74, 6) is 0. The van der Waals surface area contributed by atoms with Crippen LogP contribution in [0.1, 0.15) is 19.0 Å². The van der Waals surface area contributed by atoms with Gasteiger partial charge in [-0.25, -0.2) is 4.98 Å². The number of hydrogen-bond acceptors (Lipinski definition) is 5. The number of aliphatic hydroxyl groups is 1. The third-order valence-electron chi connectivity index (χ3n) is 3.14. The first kappa shape index (κ1) is 14.5. The molecule has 9 heteroatoms. The molecule has 1 unspecified atom stereocenters. The minimum atomic E-state index is -4.67. The topological polar surface area (TPSA) is 79.5 Å². The average Bonchev–Trinajstić information content (AvgIpc) is 2.67. The van der Waals surface area contributed by atoms with Gasteiger partial charge in [0.15, 0.2) is 0 Å². The Morgan fingerprint density at radius 3 is 2.65 bits per heavy atom. The first-order valence-corrected chi connectivity index (χ1v) is 5.79. The molecule has 1 fully saturated rings. The van der Waals surface area contributed by atoms with Crippen molar-refractivity contribution in [1.82, 2.24) is 4.98 Å². The maximum atomic E-state index is 12.6. The summed E-state index contributed by atoms with van der Waals surface area (Å²) in [6.45, 7) is 1.81. The van der Waals surface area contributed by atoms with Crippen LogP contribution in [0.2, 0.25) is 0 Å². The molecule has 6 nitrogen and oxygen atoms in total. The normalized spacial score (nSPS) is 23.1. The summed E-state index contributed by atoms with van der Waals surface area (Å²) in [6, 6.07) is 0.652. The van der Waals surface area contributed by atoms with E-state index in [1.165, 1.54) is 11.8 Å². The van der Waals surface area contributed by atoms with Crippen LogP contribution in [0.3, 0.4) is 0 Å². The lowest BCUT2D eigenvalue weighted by molar-refractivity contribution is -0.384. The van der Waals surface area contributed by atoms with Crippen molar-refractivity contribution in [2.45, 2.75) is 25.1 Å². The van der Waals surface area contributed by atoms with Crippen molar-refractivity contribution in [3.63, 3.8) is 0 Å². The number of β-amino-alcohol motifs (C(OH)–C–C–N with tert-alkyl or cyclic N) is 1. The standard InChI is InChI=1S/C11H12F3N3O3/c1-10(18)2-3-16(6-10)7-4-9(11(12,13)14)15-5-8(7)17(19)20/h4-5,18H,2-3,6H2,1H3. The number of rotatable bonds is 2. The van der Waals surface area contributed by atoms with Crippen LogP contribution in [0.25, 0.3) is 0 Å². The number of hydrogen-bond donors (Lipinski definition) is 1. The van der Waals surface area contributed by atoms with Crippen LogP contribution in [0.15, 0.2) is 12.3 Å². The van der Waals surface area contributed by atoms with Crippen LogP contribution < -0.4 is 4.90 Å². The zero-order chi connectivity index (χ0) is 15.1. The monoisotopic (exact) mass is 291 g/mol. The van der Waals surface area contributed by atoms with Gasteiger partial charge >= 0.3 is 11.9 Å². The van der Waals surface area contributed by atoms with Crippen LogP contribution in [0.4, 0.5) is 24.5 Å². The summed E-state index contributed by atoms with van der Waals surface area (Å²) in [7, 11) is 0. The van der Waals surface area contributed by atoms with E-state index in [0.29, 0.717) is 18.7 Å². The Bertz CT molecular complexity index is 545. The third kappa shape index (κ3) is 2.82. The molecule has 0 aliphatic carbocycles. The number of anilines is 1. The molecule has 2 rings (SSSR count). The predicted molar refractivity (Wildman–Crippen MR) is 63.3 cm³/mol. The highest BCUT2D eigenvalue weighted by Gasteiger charge is 2.38. The van der Waals surface area contributed by atoms with E-state index in [0.717, 1.165) is 0 Å². The summed E-state index contributed by atoms with van der Waals surface area (Å²) in [5.41, 5.74) is -2.94. The fourth-order valence-electron chi connectivity index (χ4n) is 2.14. The molecule has 0 aromatic carbocycles. The van der Waals surface area contributed by atoms with Crippen LogP contribution in [-0.2, 0) is 6.18 Å². The molecule has 0 saturated carbocycles. The molecule has 1 aromatic heterocycles. The average molecular weight is 291 g/mol. The molecule has 1 aromatic rings. The maximum Gasteiger partial charge on any atom is 0.433 e. The Morgan fingerprint density at radius 2 is 2.20 bits per heavy atom. The molecule has 1 atom stereocenters. The highest BCUT2D eigenvalue weighted by molar-refractivity contribution is 5.63. The molecule has 20 heavy (non-hydrogen) atoms. The van der Waals surface area contributed by atoms with Gasteiger partial charge in [-0.3, -0.25) is 10.1 Å². The van der Waals surface area contributed by atoms with E-state index in [9.17, 15) is 28.4 Å². The van der Waals surface area contributed by atoms with E-state index < -0.39 is 28.1 Å². The van der Waals surface area contributed by atoms with Gasteiger partial charge < -0.3 is 10.0 Å². The second-order valence-corrected chi connectivity index (χ2v) is 4.98. The molecule has 0 bridgehead atoms. The quantitative estimate of drug-likeness (QED) is 0.665.